The lowest BCUT2D eigenvalue weighted by atomic mass is 10.1. The van der Waals surface area contributed by atoms with Crippen molar-refractivity contribution in [1.82, 2.24) is 5.32 Å². The van der Waals surface area contributed by atoms with Gasteiger partial charge in [0.25, 0.3) is 0 Å². The van der Waals surface area contributed by atoms with Crippen LogP contribution in [-0.4, -0.2) is 7.05 Å². The van der Waals surface area contributed by atoms with Crippen LogP contribution in [0.1, 0.15) is 29.7 Å². The number of halogens is 2. The average molecular weight is 291 g/mol. The number of hydrogen-bond donors (Lipinski definition) is 1. The van der Waals surface area contributed by atoms with Crippen LogP contribution in [-0.2, 0) is 6.61 Å². The Labute approximate surface area is 123 Å². The van der Waals surface area contributed by atoms with Crippen molar-refractivity contribution in [1.29, 1.82) is 0 Å². The molecule has 0 heterocycles. The fourth-order valence-corrected chi connectivity index (χ4v) is 2.06. The second kappa shape index (κ2) is 6.68. The Morgan fingerprint density at radius 1 is 1.14 bits per heavy atom. The van der Waals surface area contributed by atoms with Crippen molar-refractivity contribution >= 4 is 0 Å². The molecule has 0 aliphatic heterocycles. The molecule has 1 atom stereocenters. The summed E-state index contributed by atoms with van der Waals surface area (Å²) in [5.74, 6) is -0.475. The number of ether oxygens (including phenoxy) is 1. The number of nitrogens with one attached hydrogen (secondary N) is 1. The highest BCUT2D eigenvalue weighted by molar-refractivity contribution is 5.37. The zero-order chi connectivity index (χ0) is 15.4. The molecule has 0 saturated carbocycles. The number of rotatable bonds is 5. The highest BCUT2D eigenvalue weighted by Crippen LogP contribution is 2.24. The third kappa shape index (κ3) is 3.79. The van der Waals surface area contributed by atoms with Crippen molar-refractivity contribution in [2.45, 2.75) is 26.5 Å². The van der Waals surface area contributed by atoms with Crippen LogP contribution in [0.5, 0.6) is 5.75 Å². The van der Waals surface area contributed by atoms with E-state index in [-0.39, 0.29) is 12.6 Å². The molecule has 2 rings (SSSR count). The van der Waals surface area contributed by atoms with Gasteiger partial charge >= 0.3 is 0 Å². The van der Waals surface area contributed by atoms with E-state index in [4.69, 9.17) is 4.74 Å². The Kier molecular flexibility index (Phi) is 4.91. The van der Waals surface area contributed by atoms with Gasteiger partial charge in [-0.1, -0.05) is 12.1 Å². The van der Waals surface area contributed by atoms with Crippen LogP contribution >= 0.6 is 0 Å². The Balaban J connectivity index is 2.10. The summed E-state index contributed by atoms with van der Waals surface area (Å²) < 4.78 is 32.0. The van der Waals surface area contributed by atoms with E-state index in [0.717, 1.165) is 17.2 Å². The lowest BCUT2D eigenvalue weighted by molar-refractivity contribution is 0.297. The summed E-state index contributed by atoms with van der Waals surface area (Å²) in [5, 5.41) is 3.17. The van der Waals surface area contributed by atoms with Crippen molar-refractivity contribution in [3.8, 4) is 5.75 Å². The van der Waals surface area contributed by atoms with Crippen LogP contribution in [0, 0.1) is 18.6 Å². The maximum absolute atomic E-state index is 13.5. The van der Waals surface area contributed by atoms with Crippen LogP contribution in [0.25, 0.3) is 0 Å². The predicted molar refractivity (Wildman–Crippen MR) is 79.3 cm³/mol. The van der Waals surface area contributed by atoms with Crippen LogP contribution in [0.2, 0.25) is 0 Å². The van der Waals surface area contributed by atoms with E-state index < -0.39 is 11.6 Å². The lowest BCUT2D eigenvalue weighted by Crippen LogP contribution is -2.12. The molecule has 0 saturated heterocycles. The molecule has 0 aliphatic rings. The normalized spacial score (nSPS) is 12.2. The van der Waals surface area contributed by atoms with Gasteiger partial charge in [-0.15, -0.1) is 0 Å². The minimum absolute atomic E-state index is 0.0773. The van der Waals surface area contributed by atoms with Crippen LogP contribution in [0.4, 0.5) is 8.78 Å². The highest BCUT2D eigenvalue weighted by Gasteiger charge is 2.08. The summed E-state index contributed by atoms with van der Waals surface area (Å²) in [5.41, 5.74) is 2.48. The van der Waals surface area contributed by atoms with Gasteiger partial charge in [0.1, 0.15) is 24.0 Å². The maximum Gasteiger partial charge on any atom is 0.132 e. The van der Waals surface area contributed by atoms with E-state index >= 15 is 0 Å². The van der Waals surface area contributed by atoms with Gasteiger partial charge in [0.15, 0.2) is 0 Å². The molecule has 1 N–H and O–H groups in total. The van der Waals surface area contributed by atoms with Crippen LogP contribution in [0.15, 0.2) is 36.4 Å². The second-order valence-electron chi connectivity index (χ2n) is 5.06. The first-order valence-corrected chi connectivity index (χ1v) is 6.86. The summed E-state index contributed by atoms with van der Waals surface area (Å²) in [4.78, 5) is 0. The first-order valence-electron chi connectivity index (χ1n) is 6.86. The predicted octanol–water partition coefficient (Wildman–Crippen LogP) is 4.13. The Hall–Kier alpha value is -1.94. The standard InChI is InChI=1S/C17H19F2NO/c1-11-8-13(12(2)20-3)5-7-17(11)21-10-14-4-6-15(18)9-16(14)19/h4-9,12,20H,10H2,1-3H3. The molecule has 1 unspecified atom stereocenters. The molecule has 0 amide bonds. The topological polar surface area (TPSA) is 21.3 Å². The van der Waals surface area contributed by atoms with E-state index in [0.29, 0.717) is 11.3 Å². The third-order valence-electron chi connectivity index (χ3n) is 3.53. The molecule has 2 aromatic carbocycles. The van der Waals surface area contributed by atoms with Crippen LogP contribution < -0.4 is 10.1 Å². The Bertz CT molecular complexity index is 628. The highest BCUT2D eigenvalue weighted by atomic mass is 19.1. The zero-order valence-electron chi connectivity index (χ0n) is 12.4. The van der Waals surface area contributed by atoms with Gasteiger partial charge < -0.3 is 10.1 Å². The smallest absolute Gasteiger partial charge is 0.132 e. The van der Waals surface area contributed by atoms with Gasteiger partial charge in [0, 0.05) is 17.7 Å². The maximum atomic E-state index is 13.5. The second-order valence-corrected chi connectivity index (χ2v) is 5.06. The number of aryl methyl sites for hydroxylation is 1. The van der Waals surface area contributed by atoms with Crippen molar-refractivity contribution in [3.05, 3.63) is 64.7 Å². The van der Waals surface area contributed by atoms with E-state index in [1.165, 1.54) is 12.1 Å². The van der Waals surface area contributed by atoms with Crippen molar-refractivity contribution < 1.29 is 13.5 Å². The van der Waals surface area contributed by atoms with E-state index in [1.807, 2.05) is 32.2 Å². The van der Waals surface area contributed by atoms with Gasteiger partial charge in [-0.25, -0.2) is 8.78 Å². The molecule has 2 aromatic rings. The molecule has 112 valence electrons. The number of hydrogen-bond acceptors (Lipinski definition) is 2. The molecule has 0 bridgehead atoms. The van der Waals surface area contributed by atoms with Gasteiger partial charge in [-0.3, -0.25) is 0 Å². The van der Waals surface area contributed by atoms with Crippen molar-refractivity contribution in [3.63, 3.8) is 0 Å². The molecule has 0 aliphatic carbocycles. The monoisotopic (exact) mass is 291 g/mol. The Morgan fingerprint density at radius 2 is 1.90 bits per heavy atom. The molecule has 0 spiro atoms. The molecule has 2 nitrogen and oxygen atoms in total. The fourth-order valence-electron chi connectivity index (χ4n) is 2.06. The molecule has 0 radical (unpaired) electrons. The van der Waals surface area contributed by atoms with Gasteiger partial charge in [-0.2, -0.15) is 0 Å². The molecular weight excluding hydrogens is 272 g/mol. The summed E-state index contributed by atoms with van der Waals surface area (Å²) in [6, 6.07) is 9.64. The Morgan fingerprint density at radius 3 is 2.52 bits per heavy atom. The summed E-state index contributed by atoms with van der Waals surface area (Å²) in [6.07, 6.45) is 0. The zero-order valence-corrected chi connectivity index (χ0v) is 12.4. The quantitative estimate of drug-likeness (QED) is 0.894. The fraction of sp³-hybridized carbons (Fsp3) is 0.294. The minimum atomic E-state index is -0.590. The van der Waals surface area contributed by atoms with Gasteiger partial charge in [0.05, 0.1) is 0 Å². The molecule has 0 fully saturated rings. The largest absolute Gasteiger partial charge is 0.489 e. The summed E-state index contributed by atoms with van der Waals surface area (Å²) in [6.45, 7) is 4.10. The van der Waals surface area contributed by atoms with Crippen molar-refractivity contribution in [2.75, 3.05) is 7.05 Å². The molecular formula is C17H19F2NO. The van der Waals surface area contributed by atoms with E-state index in [1.54, 1.807) is 0 Å². The van der Waals surface area contributed by atoms with Crippen LogP contribution in [0.3, 0.4) is 0 Å². The SMILES string of the molecule is CNC(C)c1ccc(OCc2ccc(F)cc2F)c(C)c1. The summed E-state index contributed by atoms with van der Waals surface area (Å²) >= 11 is 0. The first-order chi connectivity index (χ1) is 10.0. The van der Waals surface area contributed by atoms with E-state index in [2.05, 4.69) is 12.2 Å². The first kappa shape index (κ1) is 15.4. The van der Waals surface area contributed by atoms with Crippen molar-refractivity contribution in [2.24, 2.45) is 0 Å². The minimum Gasteiger partial charge on any atom is -0.489 e. The third-order valence-corrected chi connectivity index (χ3v) is 3.53. The van der Waals surface area contributed by atoms with Gasteiger partial charge in [0.2, 0.25) is 0 Å². The number of benzene rings is 2. The molecule has 21 heavy (non-hydrogen) atoms. The van der Waals surface area contributed by atoms with E-state index in [9.17, 15) is 8.78 Å². The van der Waals surface area contributed by atoms with Gasteiger partial charge in [-0.05, 0) is 50.2 Å². The molecule has 4 heteroatoms. The average Bonchev–Trinajstić information content (AvgIpc) is 2.46. The molecule has 0 aromatic heterocycles. The summed E-state index contributed by atoms with van der Waals surface area (Å²) in [7, 11) is 1.90. The lowest BCUT2D eigenvalue weighted by Gasteiger charge is -2.14.